The van der Waals surface area contributed by atoms with E-state index >= 15 is 0 Å². The number of rotatable bonds is 6. The normalized spacial score (nSPS) is 20.2. The lowest BCUT2D eigenvalue weighted by Crippen LogP contribution is -2.52. The van der Waals surface area contributed by atoms with Crippen LogP contribution in [0.4, 0.5) is 9.59 Å². The Kier molecular flexibility index (Phi) is 5.94. The Hall–Kier alpha value is -2.22. The summed E-state index contributed by atoms with van der Waals surface area (Å²) in [5.41, 5.74) is -0.430. The molecule has 1 aromatic heterocycles. The molecule has 3 rings (SSSR count). The topological polar surface area (TPSA) is 78.3 Å². The van der Waals surface area contributed by atoms with Crippen LogP contribution in [0.3, 0.4) is 0 Å². The van der Waals surface area contributed by atoms with Crippen molar-refractivity contribution in [2.24, 2.45) is 0 Å². The number of carbonyl (C=O) groups excluding carboxylic acids is 2. The highest BCUT2D eigenvalue weighted by Crippen LogP contribution is 2.32. The van der Waals surface area contributed by atoms with Crippen LogP contribution in [0.5, 0.6) is 0 Å². The van der Waals surface area contributed by atoms with Gasteiger partial charge in [0.1, 0.15) is 11.4 Å². The van der Waals surface area contributed by atoms with Gasteiger partial charge in [0.25, 0.3) is 0 Å². The van der Waals surface area contributed by atoms with E-state index in [9.17, 15) is 9.59 Å². The largest absolute Gasteiger partial charge is 0.468 e. The molecule has 0 aromatic carbocycles. The molecule has 8 heteroatoms. The summed E-state index contributed by atoms with van der Waals surface area (Å²) in [7, 11) is 1.75. The molecule has 3 amide bonds. The minimum absolute atomic E-state index is 0.0134. The molecule has 1 aromatic rings. The first-order chi connectivity index (χ1) is 13.0. The lowest BCUT2D eigenvalue weighted by molar-refractivity contribution is 0.00949. The molecular formula is C19H30N4O4. The molecule has 3 heterocycles. The molecule has 2 saturated heterocycles. The van der Waals surface area contributed by atoms with Crippen molar-refractivity contribution in [2.45, 2.75) is 38.3 Å². The van der Waals surface area contributed by atoms with Gasteiger partial charge in [0.2, 0.25) is 0 Å². The molecule has 27 heavy (non-hydrogen) atoms. The van der Waals surface area contributed by atoms with Gasteiger partial charge in [-0.3, -0.25) is 4.90 Å². The fourth-order valence-corrected chi connectivity index (χ4v) is 4.02. The molecule has 2 fully saturated rings. The fraction of sp³-hybridized carbons (Fsp3) is 0.684. The summed E-state index contributed by atoms with van der Waals surface area (Å²) >= 11 is 0. The van der Waals surface area contributed by atoms with Crippen LogP contribution in [0.1, 0.15) is 38.5 Å². The van der Waals surface area contributed by atoms with Gasteiger partial charge >= 0.3 is 12.1 Å². The first-order valence-electron chi connectivity index (χ1n) is 9.72. The Bertz CT molecular complexity index is 636. The molecule has 0 saturated carbocycles. The summed E-state index contributed by atoms with van der Waals surface area (Å²) in [4.78, 5) is 30.0. The Morgan fingerprint density at radius 1 is 1.33 bits per heavy atom. The monoisotopic (exact) mass is 378 g/mol. The summed E-state index contributed by atoms with van der Waals surface area (Å²) in [5, 5.41) is 3.05. The van der Waals surface area contributed by atoms with Crippen LogP contribution >= 0.6 is 0 Å². The van der Waals surface area contributed by atoms with Crippen molar-refractivity contribution < 1.29 is 18.7 Å². The zero-order valence-electron chi connectivity index (χ0n) is 16.4. The van der Waals surface area contributed by atoms with Gasteiger partial charge in [-0.2, -0.15) is 0 Å². The molecule has 0 aliphatic carbocycles. The predicted molar refractivity (Wildman–Crippen MR) is 100 cm³/mol. The molecular weight excluding hydrogens is 348 g/mol. The number of nitrogens with zero attached hydrogens (tertiary/aromatic N) is 3. The van der Waals surface area contributed by atoms with E-state index in [4.69, 9.17) is 9.15 Å². The average Bonchev–Trinajstić information content (AvgIpc) is 3.28. The Balaban J connectivity index is 1.54. The van der Waals surface area contributed by atoms with Crippen LogP contribution in [0.25, 0.3) is 0 Å². The number of furan rings is 1. The number of urea groups is 1. The number of likely N-dealkylation sites (tertiary alicyclic amines) is 1. The molecule has 150 valence electrons. The number of ether oxygens (including phenoxy) is 1. The second-order valence-corrected chi connectivity index (χ2v) is 7.33. The zero-order chi connectivity index (χ0) is 19.4. The summed E-state index contributed by atoms with van der Waals surface area (Å²) in [6, 6.07) is 3.76. The smallest absolute Gasteiger partial charge is 0.410 e. The maximum atomic E-state index is 12.7. The maximum absolute atomic E-state index is 12.7. The van der Waals surface area contributed by atoms with Gasteiger partial charge in [0.15, 0.2) is 0 Å². The molecule has 1 N–H and O–H groups in total. The van der Waals surface area contributed by atoms with Gasteiger partial charge < -0.3 is 24.3 Å². The quantitative estimate of drug-likeness (QED) is 0.822. The van der Waals surface area contributed by atoms with Gasteiger partial charge in [-0.25, -0.2) is 9.59 Å². The molecule has 1 spiro atoms. The van der Waals surface area contributed by atoms with Crippen molar-refractivity contribution in [2.75, 3.05) is 46.3 Å². The summed E-state index contributed by atoms with van der Waals surface area (Å²) in [6.07, 6.45) is 2.74. The molecule has 0 unspecified atom stereocenters. The molecule has 8 nitrogen and oxygen atoms in total. The second-order valence-electron chi connectivity index (χ2n) is 7.33. The number of nitrogens with one attached hydrogen (secondary N) is 1. The van der Waals surface area contributed by atoms with Crippen LogP contribution in [-0.2, 0) is 4.74 Å². The van der Waals surface area contributed by atoms with E-state index in [1.807, 2.05) is 12.1 Å². The molecule has 1 atom stereocenters. The zero-order valence-corrected chi connectivity index (χ0v) is 16.4. The molecule has 0 radical (unpaired) electrons. The van der Waals surface area contributed by atoms with Crippen molar-refractivity contribution >= 4 is 12.1 Å². The second kappa shape index (κ2) is 8.21. The number of likely N-dealkylation sites (N-methyl/N-ethyl adjacent to an activating group) is 2. The van der Waals surface area contributed by atoms with E-state index in [0.29, 0.717) is 39.0 Å². The average molecular weight is 378 g/mol. The Morgan fingerprint density at radius 3 is 2.56 bits per heavy atom. The van der Waals surface area contributed by atoms with Crippen LogP contribution < -0.4 is 5.32 Å². The molecule has 0 bridgehead atoms. The van der Waals surface area contributed by atoms with Gasteiger partial charge in [-0.1, -0.05) is 13.8 Å². The van der Waals surface area contributed by atoms with Gasteiger partial charge in [-0.05, 0) is 25.2 Å². The lowest BCUT2D eigenvalue weighted by atomic mass is 9.91. The van der Waals surface area contributed by atoms with E-state index < -0.39 is 5.60 Å². The third-order valence-electron chi connectivity index (χ3n) is 5.67. The lowest BCUT2D eigenvalue weighted by Gasteiger charge is -2.37. The van der Waals surface area contributed by atoms with Crippen LogP contribution in [0.2, 0.25) is 0 Å². The van der Waals surface area contributed by atoms with Crippen molar-refractivity contribution in [3.63, 3.8) is 0 Å². The third-order valence-corrected chi connectivity index (χ3v) is 5.67. The fourth-order valence-electron chi connectivity index (χ4n) is 4.02. The van der Waals surface area contributed by atoms with E-state index in [1.54, 1.807) is 23.1 Å². The summed E-state index contributed by atoms with van der Waals surface area (Å²) in [5.74, 6) is 0.859. The van der Waals surface area contributed by atoms with Crippen molar-refractivity contribution in [3.05, 3.63) is 24.2 Å². The van der Waals surface area contributed by atoms with Gasteiger partial charge in [0, 0.05) is 39.5 Å². The number of hydrogen-bond acceptors (Lipinski definition) is 5. The van der Waals surface area contributed by atoms with Crippen molar-refractivity contribution in [3.8, 4) is 0 Å². The highest BCUT2D eigenvalue weighted by atomic mass is 16.6. The van der Waals surface area contributed by atoms with Crippen molar-refractivity contribution in [1.82, 2.24) is 20.0 Å². The van der Waals surface area contributed by atoms with Crippen LogP contribution in [0.15, 0.2) is 22.8 Å². The van der Waals surface area contributed by atoms with Gasteiger partial charge in [-0.15, -0.1) is 0 Å². The van der Waals surface area contributed by atoms with Gasteiger partial charge in [0.05, 0.1) is 18.8 Å². The Labute approximate surface area is 160 Å². The first kappa shape index (κ1) is 19.5. The SMILES string of the molecule is CCN(CC)[C@@H](CNC(=O)N1CCC2(CC1)CN(C)C(=O)O2)c1ccco1. The van der Waals surface area contributed by atoms with Crippen molar-refractivity contribution in [1.29, 1.82) is 0 Å². The standard InChI is InChI=1S/C19H30N4O4/c1-4-22(5-2)15(16-7-6-12-26-16)13-20-17(24)23-10-8-19(9-11-23)14-21(3)18(25)27-19/h6-7,12,15H,4-5,8-11,13-14H2,1-3H3,(H,20,24)/t15-/m0/s1. The number of amides is 3. The third kappa shape index (κ3) is 4.21. The maximum Gasteiger partial charge on any atom is 0.410 e. The summed E-state index contributed by atoms with van der Waals surface area (Å²) < 4.78 is 11.1. The van der Waals surface area contributed by atoms with E-state index in [0.717, 1.165) is 18.8 Å². The predicted octanol–water partition coefficient (Wildman–Crippen LogP) is 2.29. The number of carbonyl (C=O) groups is 2. The van der Waals surface area contributed by atoms with Crippen LogP contribution in [-0.4, -0.2) is 78.7 Å². The summed E-state index contributed by atoms with van der Waals surface area (Å²) in [6.45, 7) is 8.23. The highest BCUT2D eigenvalue weighted by Gasteiger charge is 2.46. The molecule has 2 aliphatic heterocycles. The number of hydrogen-bond donors (Lipinski definition) is 1. The first-order valence-corrected chi connectivity index (χ1v) is 9.72. The van der Waals surface area contributed by atoms with E-state index in [-0.39, 0.29) is 18.2 Å². The highest BCUT2D eigenvalue weighted by molar-refractivity contribution is 5.74. The van der Waals surface area contributed by atoms with Crippen LogP contribution in [0, 0.1) is 0 Å². The minimum atomic E-state index is -0.430. The Morgan fingerprint density at radius 2 is 2.04 bits per heavy atom. The minimum Gasteiger partial charge on any atom is -0.468 e. The molecule has 2 aliphatic rings. The number of piperidine rings is 1. The van der Waals surface area contributed by atoms with E-state index in [1.165, 1.54) is 0 Å². The van der Waals surface area contributed by atoms with E-state index in [2.05, 4.69) is 24.1 Å².